The van der Waals surface area contributed by atoms with Crippen LogP contribution in [0.25, 0.3) is 0 Å². The molecule has 0 unspecified atom stereocenters. The van der Waals surface area contributed by atoms with Crippen molar-refractivity contribution in [2.45, 2.75) is 13.5 Å². The van der Waals surface area contributed by atoms with Crippen LogP contribution in [0.4, 0.5) is 0 Å². The van der Waals surface area contributed by atoms with Gasteiger partial charge in [-0.05, 0) is 28.5 Å². The van der Waals surface area contributed by atoms with Crippen LogP contribution < -0.4 is 10.1 Å². The number of para-hydroxylation sites is 1. The van der Waals surface area contributed by atoms with E-state index in [2.05, 4.69) is 21.2 Å². The second kappa shape index (κ2) is 7.11. The maximum atomic E-state index is 11.1. The Balaban J connectivity index is 2.73. The highest BCUT2D eigenvalue weighted by atomic mass is 79.9. The van der Waals surface area contributed by atoms with Crippen LogP contribution >= 0.6 is 15.9 Å². The highest BCUT2D eigenvalue weighted by Crippen LogP contribution is 2.29. The van der Waals surface area contributed by atoms with Gasteiger partial charge in [0, 0.05) is 18.4 Å². The lowest BCUT2D eigenvalue weighted by Crippen LogP contribution is -2.16. The maximum absolute atomic E-state index is 11.1. The molecular weight excluding hydrogens is 318 g/mol. The number of benzene rings is 1. The molecule has 0 aromatic heterocycles. The van der Waals surface area contributed by atoms with Crippen molar-refractivity contribution in [1.82, 2.24) is 5.32 Å². The molecule has 1 aromatic rings. The largest absolute Gasteiger partial charge is 0.491 e. The van der Waals surface area contributed by atoms with Crippen molar-refractivity contribution in [3.63, 3.8) is 0 Å². The summed E-state index contributed by atoms with van der Waals surface area (Å²) in [5, 5.41) is 3.22. The van der Waals surface area contributed by atoms with Crippen LogP contribution in [0.3, 0.4) is 0 Å². The molecule has 1 aromatic carbocycles. The molecule has 102 valence electrons. The van der Waals surface area contributed by atoms with Crippen LogP contribution in [0.5, 0.6) is 5.75 Å². The quantitative estimate of drug-likeness (QED) is 0.827. The molecule has 0 aliphatic heterocycles. The second-order valence-corrected chi connectivity index (χ2v) is 7.10. The Morgan fingerprint density at radius 2 is 2.11 bits per heavy atom. The summed E-state index contributed by atoms with van der Waals surface area (Å²) in [6, 6.07) is 5.77. The van der Waals surface area contributed by atoms with Gasteiger partial charge in [0.15, 0.2) is 9.84 Å². The van der Waals surface area contributed by atoms with Gasteiger partial charge in [0.05, 0.1) is 10.2 Å². The average molecular weight is 336 g/mol. The van der Waals surface area contributed by atoms with Gasteiger partial charge in [-0.1, -0.05) is 19.1 Å². The fourth-order valence-corrected chi connectivity index (χ4v) is 2.32. The Hall–Kier alpha value is -0.590. The zero-order valence-corrected chi connectivity index (χ0v) is 13.0. The van der Waals surface area contributed by atoms with Crippen LogP contribution in [0, 0.1) is 0 Å². The van der Waals surface area contributed by atoms with E-state index in [9.17, 15) is 8.42 Å². The zero-order chi connectivity index (χ0) is 13.6. The lowest BCUT2D eigenvalue weighted by molar-refractivity contribution is 0.334. The smallest absolute Gasteiger partial charge is 0.150 e. The van der Waals surface area contributed by atoms with Crippen molar-refractivity contribution in [2.75, 3.05) is 25.2 Å². The normalized spacial score (nSPS) is 11.5. The Kier molecular flexibility index (Phi) is 6.11. The first kappa shape index (κ1) is 15.5. The molecule has 0 amide bonds. The minimum atomic E-state index is -2.99. The number of ether oxygens (including phenoxy) is 1. The molecule has 0 spiro atoms. The van der Waals surface area contributed by atoms with E-state index in [4.69, 9.17) is 4.74 Å². The number of nitrogens with one attached hydrogen (secondary N) is 1. The standard InChI is InChI=1S/C12H18BrNO3S/c1-3-14-9-10-5-4-6-11(13)12(10)17-7-8-18(2,15)16/h4-6,14H,3,7-9H2,1-2H3. The van der Waals surface area contributed by atoms with Crippen molar-refractivity contribution in [3.05, 3.63) is 28.2 Å². The lowest BCUT2D eigenvalue weighted by atomic mass is 10.2. The molecule has 0 radical (unpaired) electrons. The van der Waals surface area contributed by atoms with Crippen molar-refractivity contribution in [2.24, 2.45) is 0 Å². The SMILES string of the molecule is CCNCc1cccc(Br)c1OCCS(C)(=O)=O. The molecule has 6 heteroatoms. The monoisotopic (exact) mass is 335 g/mol. The summed E-state index contributed by atoms with van der Waals surface area (Å²) >= 11 is 3.42. The molecule has 0 saturated heterocycles. The maximum Gasteiger partial charge on any atom is 0.150 e. The van der Waals surface area contributed by atoms with E-state index >= 15 is 0 Å². The van der Waals surface area contributed by atoms with Gasteiger partial charge in [0.25, 0.3) is 0 Å². The molecule has 0 bridgehead atoms. The predicted octanol–water partition coefficient (Wildman–Crippen LogP) is 1.98. The predicted molar refractivity (Wildman–Crippen MR) is 76.7 cm³/mol. The fraction of sp³-hybridized carbons (Fsp3) is 0.500. The topological polar surface area (TPSA) is 55.4 Å². The molecule has 0 heterocycles. The van der Waals surface area contributed by atoms with Gasteiger partial charge in [-0.3, -0.25) is 0 Å². The van der Waals surface area contributed by atoms with Gasteiger partial charge in [0.2, 0.25) is 0 Å². The van der Waals surface area contributed by atoms with Crippen molar-refractivity contribution < 1.29 is 13.2 Å². The number of rotatable bonds is 7. The van der Waals surface area contributed by atoms with Gasteiger partial charge in [-0.2, -0.15) is 0 Å². The van der Waals surface area contributed by atoms with E-state index in [0.29, 0.717) is 12.3 Å². The minimum Gasteiger partial charge on any atom is -0.491 e. The molecule has 1 rings (SSSR count). The minimum absolute atomic E-state index is 0.0228. The first-order chi connectivity index (χ1) is 8.44. The highest BCUT2D eigenvalue weighted by Gasteiger charge is 2.09. The van der Waals surface area contributed by atoms with Crippen LogP contribution in [0.15, 0.2) is 22.7 Å². The molecule has 0 fully saturated rings. The molecule has 1 N–H and O–H groups in total. The number of hydrogen-bond acceptors (Lipinski definition) is 4. The van der Waals surface area contributed by atoms with Gasteiger partial charge in [-0.15, -0.1) is 0 Å². The Morgan fingerprint density at radius 3 is 2.72 bits per heavy atom. The lowest BCUT2D eigenvalue weighted by Gasteiger charge is -2.13. The van der Waals surface area contributed by atoms with Gasteiger partial charge < -0.3 is 10.1 Å². The van der Waals surface area contributed by atoms with Crippen molar-refractivity contribution in [1.29, 1.82) is 0 Å². The van der Waals surface area contributed by atoms with E-state index in [1.165, 1.54) is 6.26 Å². The molecule has 4 nitrogen and oxygen atoms in total. The molecule has 0 atom stereocenters. The van der Waals surface area contributed by atoms with Crippen LogP contribution in [0.2, 0.25) is 0 Å². The first-order valence-electron chi connectivity index (χ1n) is 5.72. The van der Waals surface area contributed by atoms with E-state index < -0.39 is 9.84 Å². The number of halogens is 1. The fourth-order valence-electron chi connectivity index (χ4n) is 1.41. The van der Waals surface area contributed by atoms with E-state index in [1.807, 2.05) is 25.1 Å². The molecule has 0 saturated carbocycles. The van der Waals surface area contributed by atoms with Gasteiger partial charge in [-0.25, -0.2) is 8.42 Å². The van der Waals surface area contributed by atoms with Gasteiger partial charge in [0.1, 0.15) is 12.4 Å². The number of sulfone groups is 1. The molecular formula is C12H18BrNO3S. The number of hydrogen-bond donors (Lipinski definition) is 1. The molecule has 0 aliphatic rings. The van der Waals surface area contributed by atoms with Crippen LogP contribution in [-0.4, -0.2) is 33.6 Å². The molecule has 18 heavy (non-hydrogen) atoms. The van der Waals surface area contributed by atoms with Gasteiger partial charge >= 0.3 is 0 Å². The Morgan fingerprint density at radius 1 is 1.39 bits per heavy atom. The Bertz CT molecular complexity index is 488. The summed E-state index contributed by atoms with van der Waals surface area (Å²) < 4.78 is 28.5. The van der Waals surface area contributed by atoms with E-state index in [1.54, 1.807) is 0 Å². The summed E-state index contributed by atoms with van der Waals surface area (Å²) in [6.07, 6.45) is 1.20. The molecule has 0 aliphatic carbocycles. The zero-order valence-electron chi connectivity index (χ0n) is 10.6. The van der Waals surface area contributed by atoms with Crippen LogP contribution in [-0.2, 0) is 16.4 Å². The van der Waals surface area contributed by atoms with Crippen molar-refractivity contribution in [3.8, 4) is 5.75 Å². The summed E-state index contributed by atoms with van der Waals surface area (Å²) in [4.78, 5) is 0. The Labute approximate surface area is 117 Å². The van der Waals surface area contributed by atoms with E-state index in [0.717, 1.165) is 16.6 Å². The summed E-state index contributed by atoms with van der Waals surface area (Å²) in [7, 11) is -2.99. The second-order valence-electron chi connectivity index (χ2n) is 3.99. The first-order valence-corrected chi connectivity index (χ1v) is 8.58. The average Bonchev–Trinajstić information content (AvgIpc) is 2.27. The van der Waals surface area contributed by atoms with Crippen LogP contribution in [0.1, 0.15) is 12.5 Å². The van der Waals surface area contributed by atoms with Crippen molar-refractivity contribution >= 4 is 25.8 Å². The summed E-state index contributed by atoms with van der Waals surface area (Å²) in [6.45, 7) is 3.77. The third kappa shape index (κ3) is 5.37. The third-order valence-electron chi connectivity index (χ3n) is 2.31. The van der Waals surface area contributed by atoms with E-state index in [-0.39, 0.29) is 12.4 Å². The third-order valence-corrected chi connectivity index (χ3v) is 3.85. The summed E-state index contributed by atoms with van der Waals surface area (Å²) in [5.74, 6) is 0.733. The summed E-state index contributed by atoms with van der Waals surface area (Å²) in [5.41, 5.74) is 1.01. The highest BCUT2D eigenvalue weighted by molar-refractivity contribution is 9.10.